The second-order valence-corrected chi connectivity index (χ2v) is 4.48. The Balaban J connectivity index is 2.62. The zero-order valence-electron chi connectivity index (χ0n) is 10.8. The van der Waals surface area contributed by atoms with Crippen molar-refractivity contribution in [1.29, 1.82) is 5.41 Å². The van der Waals surface area contributed by atoms with Crippen LogP contribution in [0, 0.1) is 11.3 Å². The van der Waals surface area contributed by atoms with Crippen molar-refractivity contribution in [2.24, 2.45) is 5.92 Å². The van der Waals surface area contributed by atoms with E-state index in [4.69, 9.17) is 10.1 Å². The van der Waals surface area contributed by atoms with Crippen LogP contribution in [0.3, 0.4) is 0 Å². The number of aliphatic hydroxyl groups excluding tert-OH is 2. The van der Waals surface area contributed by atoms with Gasteiger partial charge in [-0.2, -0.15) is 0 Å². The Kier molecular flexibility index (Phi) is 5.01. The lowest BCUT2D eigenvalue weighted by Gasteiger charge is -2.21. The van der Waals surface area contributed by atoms with Crippen LogP contribution in [0.1, 0.15) is 20.8 Å². The number of ether oxygens (including phenoxy) is 1. The second-order valence-electron chi connectivity index (χ2n) is 4.48. The molecule has 1 heterocycles. The summed E-state index contributed by atoms with van der Waals surface area (Å²) in [6, 6.07) is 0. The molecule has 102 valence electrons. The molecular weight excluding hydrogens is 236 g/mol. The van der Waals surface area contributed by atoms with E-state index in [1.54, 1.807) is 26.8 Å². The number of aliphatic hydroxyl groups is 2. The highest BCUT2D eigenvalue weighted by molar-refractivity contribution is 6.03. The second kappa shape index (κ2) is 6.08. The molecule has 1 saturated heterocycles. The average Bonchev–Trinajstić information content (AvgIpc) is 2.56. The van der Waals surface area contributed by atoms with Crippen LogP contribution in [-0.4, -0.2) is 46.4 Å². The van der Waals surface area contributed by atoms with Crippen LogP contribution in [0.4, 0.5) is 0 Å². The summed E-state index contributed by atoms with van der Waals surface area (Å²) in [6.45, 7) is 4.98. The van der Waals surface area contributed by atoms with Crippen molar-refractivity contribution in [2.45, 2.75) is 45.2 Å². The number of allylic oxidation sites excluding steroid dienone is 1. The third-order valence-corrected chi connectivity index (χ3v) is 3.04. The fraction of sp³-hybridized carbons (Fsp3) is 0.667. The van der Waals surface area contributed by atoms with E-state index in [-0.39, 0.29) is 5.84 Å². The van der Waals surface area contributed by atoms with Crippen LogP contribution < -0.4 is 5.32 Å². The molecule has 1 aliphatic heterocycles. The molecule has 1 aliphatic rings. The van der Waals surface area contributed by atoms with Crippen LogP contribution in [0.2, 0.25) is 0 Å². The summed E-state index contributed by atoms with van der Waals surface area (Å²) in [6.07, 6.45) is -0.242. The molecule has 0 radical (unpaired) electrons. The fourth-order valence-corrected chi connectivity index (χ4v) is 1.90. The molecule has 0 aromatic rings. The van der Waals surface area contributed by atoms with Crippen LogP contribution in [0.15, 0.2) is 12.2 Å². The van der Waals surface area contributed by atoms with Gasteiger partial charge in [-0.25, -0.2) is 0 Å². The molecule has 0 saturated carbocycles. The van der Waals surface area contributed by atoms with Crippen LogP contribution in [0.5, 0.6) is 0 Å². The highest BCUT2D eigenvalue weighted by Gasteiger charge is 2.44. The van der Waals surface area contributed by atoms with Gasteiger partial charge in [0.25, 0.3) is 0 Å². The van der Waals surface area contributed by atoms with Crippen LogP contribution in [-0.2, 0) is 9.53 Å². The molecule has 1 fully saturated rings. The Bertz CT molecular complexity index is 356. The molecule has 5 unspecified atom stereocenters. The largest absolute Gasteiger partial charge is 0.388 e. The summed E-state index contributed by atoms with van der Waals surface area (Å²) in [7, 11) is 0. The third kappa shape index (κ3) is 3.16. The summed E-state index contributed by atoms with van der Waals surface area (Å²) < 4.78 is 5.36. The van der Waals surface area contributed by atoms with Crippen molar-refractivity contribution >= 4 is 11.7 Å². The summed E-state index contributed by atoms with van der Waals surface area (Å²) >= 11 is 0. The molecule has 1 rings (SSSR count). The minimum atomic E-state index is -1.09. The van der Waals surface area contributed by atoms with Gasteiger partial charge in [-0.3, -0.25) is 10.2 Å². The molecule has 6 nitrogen and oxygen atoms in total. The lowest BCUT2D eigenvalue weighted by Crippen LogP contribution is -2.43. The molecule has 5 atom stereocenters. The molecule has 1 amide bonds. The minimum Gasteiger partial charge on any atom is -0.388 e. The van der Waals surface area contributed by atoms with Gasteiger partial charge >= 0.3 is 0 Å². The number of amidine groups is 1. The predicted molar refractivity (Wildman–Crippen MR) is 66.2 cm³/mol. The van der Waals surface area contributed by atoms with E-state index >= 15 is 0 Å². The van der Waals surface area contributed by atoms with Crippen molar-refractivity contribution in [3.63, 3.8) is 0 Å². The zero-order valence-corrected chi connectivity index (χ0v) is 10.8. The highest BCUT2D eigenvalue weighted by atomic mass is 16.5. The summed E-state index contributed by atoms with van der Waals surface area (Å²) in [5.41, 5.74) is 0. The number of hydrogen-bond acceptors (Lipinski definition) is 5. The number of hydrogen-bond donors (Lipinski definition) is 4. The molecule has 18 heavy (non-hydrogen) atoms. The number of amides is 1. The van der Waals surface area contributed by atoms with Gasteiger partial charge in [-0.1, -0.05) is 13.0 Å². The Hall–Kier alpha value is -1.24. The number of carbonyl (C=O) groups is 1. The lowest BCUT2D eigenvalue weighted by molar-refractivity contribution is -0.129. The fourth-order valence-electron chi connectivity index (χ4n) is 1.90. The van der Waals surface area contributed by atoms with E-state index < -0.39 is 36.2 Å². The van der Waals surface area contributed by atoms with E-state index in [1.165, 1.54) is 6.08 Å². The lowest BCUT2D eigenvalue weighted by atomic mass is 9.97. The minimum absolute atomic E-state index is 0.0181. The van der Waals surface area contributed by atoms with E-state index in [0.717, 1.165) is 0 Å². The third-order valence-electron chi connectivity index (χ3n) is 3.04. The van der Waals surface area contributed by atoms with Gasteiger partial charge in [0.15, 0.2) is 0 Å². The average molecular weight is 256 g/mol. The van der Waals surface area contributed by atoms with Gasteiger partial charge in [0, 0.05) is 0 Å². The van der Waals surface area contributed by atoms with Crippen LogP contribution >= 0.6 is 0 Å². The first kappa shape index (κ1) is 14.8. The van der Waals surface area contributed by atoms with Crippen molar-refractivity contribution in [3.05, 3.63) is 12.2 Å². The SMILES string of the molecule is C/C=C\C(=N)NC(=O)C(C)C1OC(C)C(O)C1O. The molecule has 0 spiro atoms. The Morgan fingerprint density at radius 3 is 2.50 bits per heavy atom. The van der Waals surface area contributed by atoms with Crippen molar-refractivity contribution in [1.82, 2.24) is 5.32 Å². The molecular formula is C12H20N2O4. The number of carbonyl (C=O) groups excluding carboxylic acids is 1. The Morgan fingerprint density at radius 1 is 1.44 bits per heavy atom. The summed E-state index contributed by atoms with van der Waals surface area (Å²) in [5.74, 6) is -1.08. The van der Waals surface area contributed by atoms with E-state index in [9.17, 15) is 15.0 Å². The van der Waals surface area contributed by atoms with Gasteiger partial charge in [0.05, 0.1) is 18.1 Å². The van der Waals surface area contributed by atoms with E-state index in [2.05, 4.69) is 5.32 Å². The molecule has 4 N–H and O–H groups in total. The maximum absolute atomic E-state index is 11.8. The van der Waals surface area contributed by atoms with Gasteiger partial charge in [-0.15, -0.1) is 0 Å². The van der Waals surface area contributed by atoms with Gasteiger partial charge in [0.1, 0.15) is 18.0 Å². The van der Waals surface area contributed by atoms with Crippen LogP contribution in [0.25, 0.3) is 0 Å². The van der Waals surface area contributed by atoms with Crippen molar-refractivity contribution < 1.29 is 19.7 Å². The van der Waals surface area contributed by atoms with Gasteiger partial charge in [-0.05, 0) is 19.9 Å². The van der Waals surface area contributed by atoms with E-state index in [1.807, 2.05) is 0 Å². The van der Waals surface area contributed by atoms with E-state index in [0.29, 0.717) is 0 Å². The zero-order chi connectivity index (χ0) is 13.9. The maximum atomic E-state index is 11.8. The highest BCUT2D eigenvalue weighted by Crippen LogP contribution is 2.26. The number of rotatable bonds is 3. The first-order chi connectivity index (χ1) is 8.38. The topological polar surface area (TPSA) is 103 Å². The molecule has 0 aliphatic carbocycles. The quantitative estimate of drug-likeness (QED) is 0.415. The first-order valence-corrected chi connectivity index (χ1v) is 5.92. The van der Waals surface area contributed by atoms with Gasteiger partial charge < -0.3 is 20.3 Å². The predicted octanol–water partition coefficient (Wildman–Crippen LogP) is -0.199. The molecule has 0 bridgehead atoms. The molecule has 6 heteroatoms. The standard InChI is InChI=1S/C12H20N2O4/c1-4-5-8(13)14-12(17)6(2)11-10(16)9(15)7(3)18-11/h4-7,9-11,15-16H,1-3H3,(H2,13,14,17)/b5-4-. The monoisotopic (exact) mass is 256 g/mol. The number of nitrogens with one attached hydrogen (secondary N) is 2. The smallest absolute Gasteiger partial charge is 0.231 e. The summed E-state index contributed by atoms with van der Waals surface area (Å²) in [4.78, 5) is 11.8. The Morgan fingerprint density at radius 2 is 2.06 bits per heavy atom. The maximum Gasteiger partial charge on any atom is 0.231 e. The normalized spacial score (nSPS) is 33.6. The molecule has 0 aromatic heterocycles. The van der Waals surface area contributed by atoms with Crippen molar-refractivity contribution in [2.75, 3.05) is 0 Å². The van der Waals surface area contributed by atoms with Crippen molar-refractivity contribution in [3.8, 4) is 0 Å². The van der Waals surface area contributed by atoms with Gasteiger partial charge in [0.2, 0.25) is 5.91 Å². The first-order valence-electron chi connectivity index (χ1n) is 5.92. The Labute approximate surface area is 106 Å². The summed E-state index contributed by atoms with van der Waals surface area (Å²) in [5, 5.41) is 29.2. The molecule has 0 aromatic carbocycles.